The number of benzene rings is 1. The average molecular weight is 240 g/mol. The van der Waals surface area contributed by atoms with Crippen LogP contribution >= 0.6 is 0 Å². The Balaban J connectivity index is 2.64. The minimum atomic E-state index is -4.03. The van der Waals surface area contributed by atoms with Crippen LogP contribution in [0.1, 0.15) is 5.56 Å². The van der Waals surface area contributed by atoms with Crippen molar-refractivity contribution in [1.82, 2.24) is 0 Å². The lowest BCUT2D eigenvalue weighted by molar-refractivity contribution is 0.476. The zero-order chi connectivity index (χ0) is 12.2. The third-order valence-corrected chi connectivity index (χ3v) is 2.84. The Hall–Kier alpha value is -1.42. The molecule has 0 aliphatic carbocycles. The molecule has 0 saturated heterocycles. The summed E-state index contributed by atoms with van der Waals surface area (Å²) in [6.45, 7) is 6.76. The maximum Gasteiger partial charge on any atom is 0.266 e. The molecule has 0 radical (unpaired) electrons. The van der Waals surface area contributed by atoms with E-state index in [0.717, 1.165) is 5.56 Å². The van der Waals surface area contributed by atoms with Crippen molar-refractivity contribution < 1.29 is 13.0 Å². The zero-order valence-electron chi connectivity index (χ0n) is 8.50. The predicted octanol–water partition coefficient (Wildman–Crippen LogP) is 0.995. The van der Waals surface area contributed by atoms with Crippen molar-refractivity contribution >= 4 is 15.8 Å². The highest BCUT2D eigenvalue weighted by Gasteiger charge is 2.13. The van der Waals surface area contributed by atoms with Gasteiger partial charge in [-0.1, -0.05) is 24.3 Å². The lowest BCUT2D eigenvalue weighted by Crippen LogP contribution is -2.31. The molecule has 86 valence electrons. The van der Waals surface area contributed by atoms with E-state index in [0.29, 0.717) is 12.1 Å². The highest BCUT2D eigenvalue weighted by molar-refractivity contribution is 7.85. The van der Waals surface area contributed by atoms with Gasteiger partial charge >= 0.3 is 0 Å². The molecule has 0 aliphatic rings. The Morgan fingerprint density at radius 1 is 1.38 bits per heavy atom. The number of hydrogen-bond donors (Lipinski definition) is 2. The maximum absolute atomic E-state index is 10.6. The van der Waals surface area contributed by atoms with Crippen LogP contribution in [-0.2, 0) is 16.5 Å². The van der Waals surface area contributed by atoms with E-state index in [9.17, 15) is 8.42 Å². The van der Waals surface area contributed by atoms with Crippen LogP contribution in [0.15, 0.2) is 24.3 Å². The van der Waals surface area contributed by atoms with Gasteiger partial charge < -0.3 is 5.73 Å². The Labute approximate surface area is 94.5 Å². The van der Waals surface area contributed by atoms with E-state index < -0.39 is 21.9 Å². The molecule has 0 fully saturated rings. The largest absolute Gasteiger partial charge is 0.326 e. The van der Waals surface area contributed by atoms with E-state index in [1.54, 1.807) is 24.3 Å². The number of rotatable bonds is 4. The standard InChI is InChI=1S/C10H12N2O3S/c1-12-10-4-2-8(3-5-10)6-9(11)7-16(13,14)15/h2-5,9H,6-7,11H2,(H,13,14,15)/t9-/m1/s1. The molecule has 0 amide bonds. The van der Waals surface area contributed by atoms with Crippen molar-refractivity contribution in [1.29, 1.82) is 0 Å². The summed E-state index contributed by atoms with van der Waals surface area (Å²) in [5.41, 5.74) is 6.92. The molecular weight excluding hydrogens is 228 g/mol. The quantitative estimate of drug-likeness (QED) is 0.607. The zero-order valence-corrected chi connectivity index (χ0v) is 9.31. The van der Waals surface area contributed by atoms with Crippen molar-refractivity contribution in [2.45, 2.75) is 12.5 Å². The second kappa shape index (κ2) is 5.07. The Morgan fingerprint density at radius 2 is 1.94 bits per heavy atom. The summed E-state index contributed by atoms with van der Waals surface area (Å²) in [4.78, 5) is 3.23. The molecule has 16 heavy (non-hydrogen) atoms. The van der Waals surface area contributed by atoms with E-state index >= 15 is 0 Å². The van der Waals surface area contributed by atoms with Crippen molar-refractivity contribution in [3.63, 3.8) is 0 Å². The Morgan fingerprint density at radius 3 is 2.38 bits per heavy atom. The number of nitrogens with two attached hydrogens (primary N) is 1. The Kier molecular flexibility index (Phi) is 4.01. The van der Waals surface area contributed by atoms with Gasteiger partial charge in [0.1, 0.15) is 0 Å². The van der Waals surface area contributed by atoms with Crippen molar-refractivity contribution in [2.75, 3.05) is 5.75 Å². The number of hydrogen-bond acceptors (Lipinski definition) is 3. The summed E-state index contributed by atoms with van der Waals surface area (Å²) in [5.74, 6) is -0.461. The second-order valence-electron chi connectivity index (χ2n) is 3.49. The second-order valence-corrected chi connectivity index (χ2v) is 4.99. The van der Waals surface area contributed by atoms with Gasteiger partial charge in [-0.25, -0.2) is 4.85 Å². The average Bonchev–Trinajstić information content (AvgIpc) is 2.16. The molecule has 1 rings (SSSR count). The molecule has 0 aliphatic heterocycles. The monoisotopic (exact) mass is 240 g/mol. The third kappa shape index (κ3) is 4.40. The van der Waals surface area contributed by atoms with Gasteiger partial charge in [0, 0.05) is 6.04 Å². The number of nitrogens with zero attached hydrogens (tertiary/aromatic N) is 1. The van der Waals surface area contributed by atoms with Crippen molar-refractivity contribution in [3.05, 3.63) is 41.2 Å². The summed E-state index contributed by atoms with van der Waals surface area (Å²) in [6, 6.07) is 6.08. The van der Waals surface area contributed by atoms with Gasteiger partial charge in [-0.2, -0.15) is 8.42 Å². The van der Waals surface area contributed by atoms with Gasteiger partial charge in [0.2, 0.25) is 0 Å². The summed E-state index contributed by atoms with van der Waals surface area (Å²) in [7, 11) is -4.03. The van der Waals surface area contributed by atoms with Crippen LogP contribution in [-0.4, -0.2) is 24.8 Å². The molecule has 6 heteroatoms. The molecule has 0 saturated carbocycles. The molecule has 0 aromatic heterocycles. The van der Waals surface area contributed by atoms with Crippen LogP contribution < -0.4 is 5.73 Å². The SMILES string of the molecule is [C-]#[N+]c1ccc(C[C@@H](N)CS(=O)(=O)O)cc1. The van der Waals surface area contributed by atoms with Gasteiger partial charge in [-0.3, -0.25) is 4.55 Å². The molecule has 3 N–H and O–H groups in total. The van der Waals surface area contributed by atoms with Crippen LogP contribution in [0.5, 0.6) is 0 Å². The van der Waals surface area contributed by atoms with E-state index in [2.05, 4.69) is 4.85 Å². The minimum Gasteiger partial charge on any atom is -0.326 e. The van der Waals surface area contributed by atoms with Crippen LogP contribution in [0, 0.1) is 6.57 Å². The molecule has 0 heterocycles. The van der Waals surface area contributed by atoms with Gasteiger partial charge in [0.15, 0.2) is 5.69 Å². The first-order valence-corrected chi connectivity index (χ1v) is 6.19. The maximum atomic E-state index is 10.6. The van der Waals surface area contributed by atoms with Crippen LogP contribution in [0.25, 0.3) is 4.85 Å². The summed E-state index contributed by atoms with van der Waals surface area (Å²) < 4.78 is 29.7. The molecule has 5 nitrogen and oxygen atoms in total. The predicted molar refractivity (Wildman–Crippen MR) is 60.8 cm³/mol. The molecule has 1 aromatic rings. The summed E-state index contributed by atoms with van der Waals surface area (Å²) >= 11 is 0. The smallest absolute Gasteiger partial charge is 0.266 e. The molecular formula is C10H12N2O3S. The van der Waals surface area contributed by atoms with Gasteiger partial charge in [-0.15, -0.1) is 0 Å². The lowest BCUT2D eigenvalue weighted by atomic mass is 10.1. The minimum absolute atomic E-state index is 0.345. The first-order valence-electron chi connectivity index (χ1n) is 4.58. The molecule has 0 unspecified atom stereocenters. The third-order valence-electron chi connectivity index (χ3n) is 1.99. The first-order chi connectivity index (χ1) is 7.40. The fourth-order valence-electron chi connectivity index (χ4n) is 1.34. The summed E-state index contributed by atoms with van der Waals surface area (Å²) in [5, 5.41) is 0. The van der Waals surface area contributed by atoms with Crippen LogP contribution in [0.2, 0.25) is 0 Å². The highest BCUT2D eigenvalue weighted by atomic mass is 32.2. The van der Waals surface area contributed by atoms with Crippen LogP contribution in [0.4, 0.5) is 5.69 Å². The van der Waals surface area contributed by atoms with Gasteiger partial charge in [0.25, 0.3) is 10.1 Å². The normalized spacial score (nSPS) is 13.1. The van der Waals surface area contributed by atoms with E-state index in [1.807, 2.05) is 0 Å². The van der Waals surface area contributed by atoms with Gasteiger partial charge in [0.05, 0.1) is 12.3 Å². The summed E-state index contributed by atoms with van der Waals surface area (Å²) in [6.07, 6.45) is 0.345. The van der Waals surface area contributed by atoms with Gasteiger partial charge in [-0.05, 0) is 12.0 Å². The molecule has 1 atom stereocenters. The highest BCUT2D eigenvalue weighted by Crippen LogP contribution is 2.13. The van der Waals surface area contributed by atoms with Crippen LogP contribution in [0.3, 0.4) is 0 Å². The van der Waals surface area contributed by atoms with E-state index in [-0.39, 0.29) is 0 Å². The fourth-order valence-corrected chi connectivity index (χ4v) is 2.00. The lowest BCUT2D eigenvalue weighted by Gasteiger charge is -2.09. The first kappa shape index (κ1) is 12.6. The fraction of sp³-hybridized carbons (Fsp3) is 0.300. The van der Waals surface area contributed by atoms with Crippen molar-refractivity contribution in [2.24, 2.45) is 5.73 Å². The molecule has 0 spiro atoms. The molecule has 1 aromatic carbocycles. The molecule has 0 bridgehead atoms. The van der Waals surface area contributed by atoms with E-state index in [1.165, 1.54) is 0 Å². The van der Waals surface area contributed by atoms with Crippen molar-refractivity contribution in [3.8, 4) is 0 Å². The Bertz CT molecular complexity index is 488. The van der Waals surface area contributed by atoms with E-state index in [4.69, 9.17) is 16.9 Å². The topological polar surface area (TPSA) is 84.8 Å².